The Labute approximate surface area is 96.7 Å². The van der Waals surface area contributed by atoms with Crippen LogP contribution in [0.25, 0.3) is 0 Å². The van der Waals surface area contributed by atoms with Gasteiger partial charge in [-0.1, -0.05) is 12.1 Å². The van der Waals surface area contributed by atoms with Crippen LogP contribution in [0.15, 0.2) is 42.5 Å². The average Bonchev–Trinajstić information content (AvgIpc) is 2.34. The molecule has 0 spiro atoms. The topological polar surface area (TPSA) is 33.0 Å². The number of halogens is 2. The largest absolute Gasteiger partial charge is 0.453 e. The molecule has 4 heteroatoms. The van der Waals surface area contributed by atoms with Gasteiger partial charge in [0.1, 0.15) is 17.6 Å². The highest BCUT2D eigenvalue weighted by atomic mass is 19.1. The molecule has 2 rings (SSSR count). The lowest BCUT2D eigenvalue weighted by atomic mass is 10.2. The molecule has 0 radical (unpaired) electrons. The van der Waals surface area contributed by atoms with E-state index in [9.17, 15) is 8.78 Å². The molecule has 2 nitrogen and oxygen atoms in total. The van der Waals surface area contributed by atoms with E-state index in [1.54, 1.807) is 12.1 Å². The van der Waals surface area contributed by atoms with E-state index in [4.69, 9.17) is 10.00 Å². The lowest BCUT2D eigenvalue weighted by Gasteiger charge is -2.07. The second-order valence-corrected chi connectivity index (χ2v) is 3.28. The van der Waals surface area contributed by atoms with Gasteiger partial charge in [0.25, 0.3) is 0 Å². The Morgan fingerprint density at radius 2 is 1.76 bits per heavy atom. The third kappa shape index (κ3) is 2.40. The molecule has 84 valence electrons. The minimum absolute atomic E-state index is 0.00407. The molecule has 0 fully saturated rings. The van der Waals surface area contributed by atoms with E-state index in [1.165, 1.54) is 24.3 Å². The van der Waals surface area contributed by atoms with Gasteiger partial charge in [0, 0.05) is 0 Å². The minimum atomic E-state index is -0.541. The maximum absolute atomic E-state index is 13.3. The lowest BCUT2D eigenvalue weighted by molar-refractivity contribution is 0.440. The van der Waals surface area contributed by atoms with Gasteiger partial charge < -0.3 is 4.74 Å². The number of hydrogen-bond acceptors (Lipinski definition) is 2. The summed E-state index contributed by atoms with van der Waals surface area (Å²) in [7, 11) is 0. The number of nitriles is 1. The van der Waals surface area contributed by atoms with Gasteiger partial charge in [-0.2, -0.15) is 5.26 Å². The fourth-order valence-electron chi connectivity index (χ4n) is 1.32. The Morgan fingerprint density at radius 1 is 1.00 bits per heavy atom. The van der Waals surface area contributed by atoms with Crippen molar-refractivity contribution >= 4 is 0 Å². The standard InChI is InChI=1S/C13H7F2NO/c14-10-5-6-12(9(7-10)8-16)17-13-4-2-1-3-11(13)15/h1-7H. The number of rotatable bonds is 2. The predicted octanol–water partition coefficient (Wildman–Crippen LogP) is 3.63. The molecule has 0 aliphatic carbocycles. The van der Waals surface area contributed by atoms with Crippen molar-refractivity contribution in [3.63, 3.8) is 0 Å². The van der Waals surface area contributed by atoms with Crippen molar-refractivity contribution in [2.24, 2.45) is 0 Å². The smallest absolute Gasteiger partial charge is 0.165 e. The quantitative estimate of drug-likeness (QED) is 0.790. The van der Waals surface area contributed by atoms with Gasteiger partial charge in [-0.3, -0.25) is 0 Å². The molecule has 0 saturated carbocycles. The first-order chi connectivity index (χ1) is 8.20. The van der Waals surface area contributed by atoms with Gasteiger partial charge in [-0.25, -0.2) is 8.78 Å². The monoisotopic (exact) mass is 231 g/mol. The van der Waals surface area contributed by atoms with Crippen LogP contribution in [0.5, 0.6) is 11.5 Å². The van der Waals surface area contributed by atoms with Crippen molar-refractivity contribution in [3.8, 4) is 17.6 Å². The Bertz CT molecular complexity index is 590. The summed E-state index contributed by atoms with van der Waals surface area (Å²) in [5, 5.41) is 8.80. The Balaban J connectivity index is 2.37. The van der Waals surface area contributed by atoms with Crippen molar-refractivity contribution in [1.29, 1.82) is 5.26 Å². The minimum Gasteiger partial charge on any atom is -0.453 e. The summed E-state index contributed by atoms with van der Waals surface area (Å²) in [5.41, 5.74) is 0.0215. The lowest BCUT2D eigenvalue weighted by Crippen LogP contribution is -1.91. The van der Waals surface area contributed by atoms with Crippen LogP contribution in [0.4, 0.5) is 8.78 Å². The maximum Gasteiger partial charge on any atom is 0.165 e. The third-order valence-electron chi connectivity index (χ3n) is 2.12. The van der Waals surface area contributed by atoms with E-state index < -0.39 is 11.6 Å². The number of benzene rings is 2. The highest BCUT2D eigenvalue weighted by Gasteiger charge is 2.08. The summed E-state index contributed by atoms with van der Waals surface area (Å²) in [6.45, 7) is 0. The molecule has 0 amide bonds. The highest BCUT2D eigenvalue weighted by molar-refractivity contribution is 5.45. The van der Waals surface area contributed by atoms with Crippen LogP contribution in [0, 0.1) is 23.0 Å². The van der Waals surface area contributed by atoms with E-state index in [-0.39, 0.29) is 17.1 Å². The van der Waals surface area contributed by atoms with E-state index in [2.05, 4.69) is 0 Å². The Hall–Kier alpha value is -2.41. The van der Waals surface area contributed by atoms with Crippen LogP contribution in [-0.4, -0.2) is 0 Å². The number of ether oxygens (including phenoxy) is 1. The van der Waals surface area contributed by atoms with E-state index >= 15 is 0 Å². The first-order valence-corrected chi connectivity index (χ1v) is 4.83. The van der Waals surface area contributed by atoms with Crippen molar-refractivity contribution < 1.29 is 13.5 Å². The average molecular weight is 231 g/mol. The van der Waals surface area contributed by atoms with E-state index in [0.717, 1.165) is 12.1 Å². The third-order valence-corrected chi connectivity index (χ3v) is 2.12. The molecule has 2 aromatic carbocycles. The summed E-state index contributed by atoms with van der Waals surface area (Å²) >= 11 is 0. The Morgan fingerprint density at radius 3 is 2.47 bits per heavy atom. The second kappa shape index (κ2) is 4.62. The molecule has 0 aliphatic rings. The van der Waals surface area contributed by atoms with Crippen LogP contribution in [0.3, 0.4) is 0 Å². The highest BCUT2D eigenvalue weighted by Crippen LogP contribution is 2.27. The zero-order valence-electron chi connectivity index (χ0n) is 8.65. The molecule has 0 N–H and O–H groups in total. The summed E-state index contributed by atoms with van der Waals surface area (Å²) in [6, 6.07) is 11.1. The fraction of sp³-hybridized carbons (Fsp3) is 0. The number of para-hydroxylation sites is 1. The van der Waals surface area contributed by atoms with Crippen LogP contribution >= 0.6 is 0 Å². The van der Waals surface area contributed by atoms with E-state index in [0.29, 0.717) is 0 Å². The van der Waals surface area contributed by atoms with Crippen LogP contribution in [-0.2, 0) is 0 Å². The fourth-order valence-corrected chi connectivity index (χ4v) is 1.32. The van der Waals surface area contributed by atoms with Crippen molar-refractivity contribution in [3.05, 3.63) is 59.7 Å². The molecule has 0 bridgehead atoms. The number of hydrogen-bond donors (Lipinski definition) is 0. The second-order valence-electron chi connectivity index (χ2n) is 3.28. The zero-order valence-corrected chi connectivity index (χ0v) is 8.65. The summed E-state index contributed by atoms with van der Waals surface area (Å²) in [6.07, 6.45) is 0. The van der Waals surface area contributed by atoms with Gasteiger partial charge in [0.2, 0.25) is 0 Å². The molecule has 0 unspecified atom stereocenters. The molecule has 17 heavy (non-hydrogen) atoms. The van der Waals surface area contributed by atoms with Crippen LogP contribution in [0.1, 0.15) is 5.56 Å². The first kappa shape index (κ1) is 11.1. The maximum atomic E-state index is 13.3. The van der Waals surface area contributed by atoms with Crippen molar-refractivity contribution in [2.75, 3.05) is 0 Å². The van der Waals surface area contributed by atoms with Crippen LogP contribution in [0.2, 0.25) is 0 Å². The van der Waals surface area contributed by atoms with Gasteiger partial charge in [0.15, 0.2) is 11.6 Å². The van der Waals surface area contributed by atoms with Gasteiger partial charge in [0.05, 0.1) is 5.56 Å². The van der Waals surface area contributed by atoms with Gasteiger partial charge in [-0.05, 0) is 30.3 Å². The first-order valence-electron chi connectivity index (χ1n) is 4.83. The normalized spacial score (nSPS) is 9.71. The summed E-state index contributed by atoms with van der Waals surface area (Å²) in [5.74, 6) is -0.960. The molecule has 0 atom stereocenters. The van der Waals surface area contributed by atoms with E-state index in [1.807, 2.05) is 0 Å². The molecular weight excluding hydrogens is 224 g/mol. The van der Waals surface area contributed by atoms with Crippen molar-refractivity contribution in [1.82, 2.24) is 0 Å². The summed E-state index contributed by atoms with van der Waals surface area (Å²) in [4.78, 5) is 0. The Kier molecular flexibility index (Phi) is 3.01. The van der Waals surface area contributed by atoms with Gasteiger partial charge >= 0.3 is 0 Å². The number of nitrogens with zero attached hydrogens (tertiary/aromatic N) is 1. The zero-order chi connectivity index (χ0) is 12.3. The predicted molar refractivity (Wildman–Crippen MR) is 57.6 cm³/mol. The molecule has 0 aromatic heterocycles. The summed E-state index contributed by atoms with van der Waals surface area (Å²) < 4.78 is 31.4. The molecule has 0 heterocycles. The van der Waals surface area contributed by atoms with Gasteiger partial charge in [-0.15, -0.1) is 0 Å². The molecule has 0 saturated heterocycles. The molecule has 2 aromatic rings. The molecule has 0 aliphatic heterocycles. The van der Waals surface area contributed by atoms with Crippen molar-refractivity contribution in [2.45, 2.75) is 0 Å². The SMILES string of the molecule is N#Cc1cc(F)ccc1Oc1ccccc1F. The molecular formula is C13H7F2NO. The van der Waals surface area contributed by atoms with Crippen LogP contribution < -0.4 is 4.74 Å².